The number of hydrogen-bond acceptors (Lipinski definition) is 4. The molecule has 2 unspecified atom stereocenters. The number of nitrogens with zero attached hydrogens (tertiary/aromatic N) is 1. The van der Waals surface area contributed by atoms with Gasteiger partial charge in [0.1, 0.15) is 11.6 Å². The van der Waals surface area contributed by atoms with Gasteiger partial charge in [-0.1, -0.05) is 6.42 Å². The molecule has 1 heterocycles. The van der Waals surface area contributed by atoms with E-state index < -0.39 is 0 Å². The molecule has 2 aromatic rings. The summed E-state index contributed by atoms with van der Waals surface area (Å²) in [6.07, 6.45) is 5.17. The Morgan fingerprint density at radius 2 is 2.25 bits per heavy atom. The first kappa shape index (κ1) is 13.2. The van der Waals surface area contributed by atoms with Crippen LogP contribution < -0.4 is 10.1 Å². The maximum absolute atomic E-state index is 9.42. The van der Waals surface area contributed by atoms with Crippen LogP contribution in [0.4, 0.5) is 5.82 Å². The Balaban J connectivity index is 1.91. The molecular formula is C16H20N2O2. The van der Waals surface area contributed by atoms with Gasteiger partial charge in [0.25, 0.3) is 0 Å². The van der Waals surface area contributed by atoms with Gasteiger partial charge in [0.15, 0.2) is 0 Å². The largest absolute Gasteiger partial charge is 0.497 e. The first-order valence-corrected chi connectivity index (χ1v) is 7.12. The van der Waals surface area contributed by atoms with Gasteiger partial charge in [-0.3, -0.25) is 0 Å². The van der Waals surface area contributed by atoms with Gasteiger partial charge in [-0.25, -0.2) is 4.98 Å². The lowest BCUT2D eigenvalue weighted by molar-refractivity contribution is 0.222. The zero-order valence-corrected chi connectivity index (χ0v) is 11.7. The summed E-state index contributed by atoms with van der Waals surface area (Å²) in [7, 11) is 1.67. The predicted octanol–water partition coefficient (Wildman–Crippen LogP) is 2.82. The molecule has 1 aliphatic rings. The molecular weight excluding hydrogens is 252 g/mol. The fourth-order valence-electron chi connectivity index (χ4n) is 3.02. The quantitative estimate of drug-likeness (QED) is 0.898. The number of rotatable bonds is 4. The molecule has 20 heavy (non-hydrogen) atoms. The number of aliphatic hydroxyl groups is 1. The fourth-order valence-corrected chi connectivity index (χ4v) is 3.02. The second kappa shape index (κ2) is 5.67. The van der Waals surface area contributed by atoms with E-state index in [-0.39, 0.29) is 6.61 Å². The van der Waals surface area contributed by atoms with Crippen molar-refractivity contribution in [3.05, 3.63) is 30.5 Å². The average molecular weight is 272 g/mol. The zero-order valence-electron chi connectivity index (χ0n) is 11.7. The minimum Gasteiger partial charge on any atom is -0.497 e. The SMILES string of the molecule is COc1ccc2c(NC3CCCC3CO)nccc2c1. The van der Waals surface area contributed by atoms with Crippen LogP contribution in [0.25, 0.3) is 10.8 Å². The highest BCUT2D eigenvalue weighted by Gasteiger charge is 2.27. The van der Waals surface area contributed by atoms with Crippen LogP contribution in [-0.4, -0.2) is 29.8 Å². The normalized spacial score (nSPS) is 22.1. The van der Waals surface area contributed by atoms with Gasteiger partial charge in [0, 0.05) is 30.1 Å². The van der Waals surface area contributed by atoms with Crippen LogP contribution in [0.2, 0.25) is 0 Å². The number of ether oxygens (including phenoxy) is 1. The standard InChI is InChI=1S/C16H20N2O2/c1-20-13-5-6-14-11(9-13)7-8-17-16(14)18-15-4-2-3-12(15)10-19/h5-9,12,15,19H,2-4,10H2,1H3,(H,17,18). The highest BCUT2D eigenvalue weighted by Crippen LogP contribution is 2.31. The van der Waals surface area contributed by atoms with Crippen molar-refractivity contribution in [3.8, 4) is 5.75 Å². The summed E-state index contributed by atoms with van der Waals surface area (Å²) in [5, 5.41) is 15.1. The molecule has 0 bridgehead atoms. The topological polar surface area (TPSA) is 54.4 Å². The molecule has 1 saturated carbocycles. The van der Waals surface area contributed by atoms with Gasteiger partial charge in [-0.15, -0.1) is 0 Å². The summed E-state index contributed by atoms with van der Waals surface area (Å²) >= 11 is 0. The summed E-state index contributed by atoms with van der Waals surface area (Å²) in [5.41, 5.74) is 0. The number of hydrogen-bond donors (Lipinski definition) is 2. The van der Waals surface area contributed by atoms with Crippen LogP contribution in [-0.2, 0) is 0 Å². The van der Waals surface area contributed by atoms with E-state index in [0.29, 0.717) is 12.0 Å². The Hall–Kier alpha value is -1.81. The maximum atomic E-state index is 9.42. The highest BCUT2D eigenvalue weighted by atomic mass is 16.5. The van der Waals surface area contributed by atoms with Gasteiger partial charge in [0.05, 0.1) is 7.11 Å². The van der Waals surface area contributed by atoms with Crippen molar-refractivity contribution in [1.29, 1.82) is 0 Å². The summed E-state index contributed by atoms with van der Waals surface area (Å²) in [6, 6.07) is 8.31. The number of fused-ring (bicyclic) bond motifs is 1. The molecule has 1 aromatic carbocycles. The number of anilines is 1. The molecule has 0 amide bonds. The second-order valence-electron chi connectivity index (χ2n) is 5.37. The smallest absolute Gasteiger partial charge is 0.134 e. The third kappa shape index (κ3) is 2.43. The number of aliphatic hydroxyl groups excluding tert-OH is 1. The zero-order chi connectivity index (χ0) is 13.9. The van der Waals surface area contributed by atoms with Crippen molar-refractivity contribution in [1.82, 2.24) is 4.98 Å². The number of benzene rings is 1. The van der Waals surface area contributed by atoms with Gasteiger partial charge in [0.2, 0.25) is 0 Å². The van der Waals surface area contributed by atoms with E-state index in [9.17, 15) is 5.11 Å². The Morgan fingerprint density at radius 3 is 3.05 bits per heavy atom. The first-order valence-electron chi connectivity index (χ1n) is 7.12. The van der Waals surface area contributed by atoms with Crippen LogP contribution in [0.3, 0.4) is 0 Å². The molecule has 1 fully saturated rings. The summed E-state index contributed by atoms with van der Waals surface area (Å²) in [5.74, 6) is 2.09. The molecule has 4 heteroatoms. The van der Waals surface area contributed by atoms with Crippen molar-refractivity contribution >= 4 is 16.6 Å². The van der Waals surface area contributed by atoms with E-state index in [1.165, 1.54) is 6.42 Å². The third-order valence-corrected chi connectivity index (χ3v) is 4.19. The Labute approximate surface area is 118 Å². The van der Waals surface area contributed by atoms with E-state index in [4.69, 9.17) is 4.74 Å². The second-order valence-corrected chi connectivity index (χ2v) is 5.37. The fraction of sp³-hybridized carbons (Fsp3) is 0.438. The van der Waals surface area contributed by atoms with Crippen molar-refractivity contribution in [2.24, 2.45) is 5.92 Å². The van der Waals surface area contributed by atoms with Gasteiger partial charge < -0.3 is 15.2 Å². The Morgan fingerprint density at radius 1 is 1.35 bits per heavy atom. The molecule has 2 atom stereocenters. The summed E-state index contributed by atoms with van der Waals surface area (Å²) in [6.45, 7) is 0.246. The lowest BCUT2D eigenvalue weighted by Crippen LogP contribution is -2.26. The van der Waals surface area contributed by atoms with Crippen molar-refractivity contribution in [2.75, 3.05) is 19.0 Å². The van der Waals surface area contributed by atoms with Crippen LogP contribution in [0.5, 0.6) is 5.75 Å². The molecule has 2 N–H and O–H groups in total. The minimum absolute atomic E-state index is 0.246. The molecule has 0 aliphatic heterocycles. The molecule has 4 nitrogen and oxygen atoms in total. The van der Waals surface area contributed by atoms with Crippen LogP contribution in [0.1, 0.15) is 19.3 Å². The van der Waals surface area contributed by atoms with E-state index in [1.807, 2.05) is 30.5 Å². The molecule has 3 rings (SSSR count). The van der Waals surface area contributed by atoms with E-state index >= 15 is 0 Å². The monoisotopic (exact) mass is 272 g/mol. The van der Waals surface area contributed by atoms with Crippen molar-refractivity contribution < 1.29 is 9.84 Å². The van der Waals surface area contributed by atoms with Crippen LogP contribution in [0.15, 0.2) is 30.5 Å². The molecule has 1 aliphatic carbocycles. The van der Waals surface area contributed by atoms with Gasteiger partial charge >= 0.3 is 0 Å². The number of aromatic nitrogens is 1. The average Bonchev–Trinajstić information content (AvgIpc) is 2.94. The van der Waals surface area contributed by atoms with Gasteiger partial charge in [-0.2, -0.15) is 0 Å². The first-order chi connectivity index (χ1) is 9.81. The van der Waals surface area contributed by atoms with Crippen molar-refractivity contribution in [2.45, 2.75) is 25.3 Å². The predicted molar refractivity (Wildman–Crippen MR) is 80.1 cm³/mol. The van der Waals surface area contributed by atoms with Crippen molar-refractivity contribution in [3.63, 3.8) is 0 Å². The van der Waals surface area contributed by atoms with E-state index in [2.05, 4.69) is 10.3 Å². The molecule has 0 radical (unpaired) electrons. The number of pyridine rings is 1. The Kier molecular flexibility index (Phi) is 3.74. The molecule has 0 spiro atoms. The van der Waals surface area contributed by atoms with E-state index in [0.717, 1.165) is 35.2 Å². The summed E-state index contributed by atoms with van der Waals surface area (Å²) in [4.78, 5) is 4.46. The third-order valence-electron chi connectivity index (χ3n) is 4.19. The molecule has 0 saturated heterocycles. The van der Waals surface area contributed by atoms with Crippen LogP contribution in [0, 0.1) is 5.92 Å². The number of nitrogens with one attached hydrogen (secondary N) is 1. The lowest BCUT2D eigenvalue weighted by Gasteiger charge is -2.20. The summed E-state index contributed by atoms with van der Waals surface area (Å²) < 4.78 is 5.26. The van der Waals surface area contributed by atoms with Crippen LogP contribution >= 0.6 is 0 Å². The molecule has 106 valence electrons. The Bertz CT molecular complexity index is 600. The molecule has 1 aromatic heterocycles. The maximum Gasteiger partial charge on any atom is 0.134 e. The lowest BCUT2D eigenvalue weighted by atomic mass is 10.0. The number of methoxy groups -OCH3 is 1. The van der Waals surface area contributed by atoms with Gasteiger partial charge in [-0.05, 0) is 42.5 Å². The van der Waals surface area contributed by atoms with E-state index in [1.54, 1.807) is 7.11 Å². The highest BCUT2D eigenvalue weighted by molar-refractivity contribution is 5.92. The minimum atomic E-state index is 0.246.